The van der Waals surface area contributed by atoms with Crippen LogP contribution in [0, 0.1) is 0 Å². The summed E-state index contributed by atoms with van der Waals surface area (Å²) < 4.78 is 4.16. The van der Waals surface area contributed by atoms with E-state index in [0.717, 1.165) is 0 Å². The number of carboxylic acids is 1. The third-order valence-electron chi connectivity index (χ3n) is 1.47. The molecular weight excluding hydrogens is 208 g/mol. The van der Waals surface area contributed by atoms with Gasteiger partial charge in [-0.1, -0.05) is 0 Å². The highest BCUT2D eigenvalue weighted by atomic mass is 16.6. The van der Waals surface area contributed by atoms with Crippen LogP contribution in [0.15, 0.2) is 4.63 Å². The Bertz CT molecular complexity index is 375. The normalized spacial score (nSPS) is 12.1. The van der Waals surface area contributed by atoms with Gasteiger partial charge in [-0.3, -0.25) is 4.79 Å². The van der Waals surface area contributed by atoms with E-state index in [4.69, 9.17) is 15.9 Å². The number of aliphatic carboxylic acids is 1. The molecule has 0 unspecified atom stereocenters. The number of nitrogens with two attached hydrogens (primary N) is 1. The molecule has 0 aliphatic carbocycles. The predicted octanol–water partition coefficient (Wildman–Crippen LogP) is -2.17. The number of carboxylic acid groups (broad SMARTS) is 1. The van der Waals surface area contributed by atoms with Crippen LogP contribution in [0.25, 0.3) is 0 Å². The number of rotatable bonds is 4. The van der Waals surface area contributed by atoms with Gasteiger partial charge in [-0.15, -0.1) is 0 Å². The number of nitrogens with zero attached hydrogens (tertiary/aromatic N) is 2. The standard InChI is InChI=1S/C6H8N4O5/c7-4-3(9-15-10-4)5(12)8-1-2(11)6(13)14/h2,11H,1H2,(H2,7,10)(H,8,12)(H,13,14)/t2-/m0/s1. The highest BCUT2D eigenvalue weighted by Crippen LogP contribution is 2.02. The van der Waals surface area contributed by atoms with Crippen LogP contribution in [0.3, 0.4) is 0 Å². The van der Waals surface area contributed by atoms with E-state index in [2.05, 4.69) is 20.3 Å². The molecular formula is C6H8N4O5. The molecule has 9 heteroatoms. The van der Waals surface area contributed by atoms with E-state index < -0.39 is 24.5 Å². The van der Waals surface area contributed by atoms with Crippen molar-refractivity contribution in [2.24, 2.45) is 0 Å². The average Bonchev–Trinajstić information content (AvgIpc) is 2.60. The fraction of sp³-hybridized carbons (Fsp3) is 0.333. The van der Waals surface area contributed by atoms with Crippen LogP contribution in [0.5, 0.6) is 0 Å². The number of nitrogen functional groups attached to an aromatic ring is 1. The zero-order valence-corrected chi connectivity index (χ0v) is 7.38. The minimum Gasteiger partial charge on any atom is -0.479 e. The Labute approximate surface area is 82.8 Å². The summed E-state index contributed by atoms with van der Waals surface area (Å²) in [7, 11) is 0. The van der Waals surface area contributed by atoms with Crippen LogP contribution in [-0.2, 0) is 4.79 Å². The molecule has 0 aromatic carbocycles. The largest absolute Gasteiger partial charge is 0.479 e. The second-order valence-corrected chi connectivity index (χ2v) is 2.56. The van der Waals surface area contributed by atoms with Gasteiger partial charge < -0.3 is 21.3 Å². The zero-order chi connectivity index (χ0) is 11.4. The summed E-state index contributed by atoms with van der Waals surface area (Å²) >= 11 is 0. The van der Waals surface area contributed by atoms with E-state index >= 15 is 0 Å². The fourth-order valence-corrected chi connectivity index (χ4v) is 0.713. The Morgan fingerprint density at radius 1 is 1.53 bits per heavy atom. The molecule has 0 saturated carbocycles. The molecule has 0 fully saturated rings. The smallest absolute Gasteiger partial charge is 0.334 e. The lowest BCUT2D eigenvalue weighted by Gasteiger charge is -2.05. The molecule has 0 bridgehead atoms. The minimum atomic E-state index is -1.69. The van der Waals surface area contributed by atoms with Crippen LogP contribution in [0.2, 0.25) is 0 Å². The summed E-state index contributed by atoms with van der Waals surface area (Å²) in [4.78, 5) is 21.4. The van der Waals surface area contributed by atoms with Gasteiger partial charge in [0.1, 0.15) is 0 Å². The molecule has 1 heterocycles. The van der Waals surface area contributed by atoms with E-state index in [1.807, 2.05) is 0 Å². The van der Waals surface area contributed by atoms with Gasteiger partial charge in [0.05, 0.1) is 6.54 Å². The summed E-state index contributed by atoms with van der Waals surface area (Å²) in [5.41, 5.74) is 4.94. The summed E-state index contributed by atoms with van der Waals surface area (Å²) in [6, 6.07) is 0. The first kappa shape index (κ1) is 10.9. The summed E-state index contributed by atoms with van der Waals surface area (Å²) in [6.45, 7) is -0.458. The molecule has 1 atom stereocenters. The molecule has 0 aliphatic heterocycles. The Balaban J connectivity index is 2.51. The quantitative estimate of drug-likeness (QED) is 0.443. The number of hydrogen-bond donors (Lipinski definition) is 4. The van der Waals surface area contributed by atoms with Gasteiger partial charge in [-0.25, -0.2) is 9.42 Å². The van der Waals surface area contributed by atoms with Crippen LogP contribution >= 0.6 is 0 Å². The summed E-state index contributed by atoms with van der Waals surface area (Å²) in [6.07, 6.45) is -1.69. The molecule has 0 radical (unpaired) electrons. The molecule has 5 N–H and O–H groups in total. The third-order valence-corrected chi connectivity index (χ3v) is 1.47. The van der Waals surface area contributed by atoms with Crippen LogP contribution in [0.4, 0.5) is 5.82 Å². The maximum atomic E-state index is 11.2. The Hall–Kier alpha value is -2.16. The first-order valence-electron chi connectivity index (χ1n) is 3.79. The Morgan fingerprint density at radius 3 is 2.67 bits per heavy atom. The number of carbonyl (C=O) groups excluding carboxylic acids is 1. The van der Waals surface area contributed by atoms with Gasteiger partial charge in [0.2, 0.25) is 11.5 Å². The van der Waals surface area contributed by atoms with Crippen molar-refractivity contribution in [2.45, 2.75) is 6.10 Å². The Kier molecular flexibility index (Phi) is 3.18. The van der Waals surface area contributed by atoms with E-state index in [9.17, 15) is 9.59 Å². The number of aromatic nitrogens is 2. The van der Waals surface area contributed by atoms with Crippen molar-refractivity contribution in [3.8, 4) is 0 Å². The summed E-state index contributed by atoms with van der Waals surface area (Å²) in [5, 5.41) is 25.6. The SMILES string of the molecule is Nc1nonc1C(=O)NC[C@H](O)C(=O)O. The van der Waals surface area contributed by atoms with Crippen molar-refractivity contribution in [1.82, 2.24) is 15.6 Å². The molecule has 0 spiro atoms. The first-order valence-corrected chi connectivity index (χ1v) is 3.79. The first-order chi connectivity index (χ1) is 7.02. The second kappa shape index (κ2) is 4.37. The van der Waals surface area contributed by atoms with Crippen molar-refractivity contribution in [1.29, 1.82) is 0 Å². The second-order valence-electron chi connectivity index (χ2n) is 2.56. The van der Waals surface area contributed by atoms with Crippen LogP contribution in [0.1, 0.15) is 10.5 Å². The van der Waals surface area contributed by atoms with E-state index in [1.165, 1.54) is 0 Å². The zero-order valence-electron chi connectivity index (χ0n) is 7.38. The van der Waals surface area contributed by atoms with Gasteiger partial charge >= 0.3 is 5.97 Å². The number of aliphatic hydroxyl groups is 1. The highest BCUT2D eigenvalue weighted by Gasteiger charge is 2.19. The number of anilines is 1. The van der Waals surface area contributed by atoms with Crippen molar-refractivity contribution < 1.29 is 24.4 Å². The lowest BCUT2D eigenvalue weighted by Crippen LogP contribution is -2.36. The lowest BCUT2D eigenvalue weighted by atomic mass is 10.3. The molecule has 0 aliphatic rings. The predicted molar refractivity (Wildman–Crippen MR) is 44.7 cm³/mol. The molecule has 0 saturated heterocycles. The number of aliphatic hydroxyl groups excluding tert-OH is 1. The molecule has 1 rings (SSSR count). The van der Waals surface area contributed by atoms with Crippen molar-refractivity contribution >= 4 is 17.7 Å². The number of nitrogens with one attached hydrogen (secondary N) is 1. The van der Waals surface area contributed by atoms with Gasteiger partial charge in [-0.05, 0) is 10.3 Å². The summed E-state index contributed by atoms with van der Waals surface area (Å²) in [5.74, 6) is -2.42. The molecule has 9 nitrogen and oxygen atoms in total. The van der Waals surface area contributed by atoms with E-state index in [1.54, 1.807) is 0 Å². The van der Waals surface area contributed by atoms with Gasteiger partial charge in [0.15, 0.2) is 6.10 Å². The van der Waals surface area contributed by atoms with Gasteiger partial charge in [0, 0.05) is 0 Å². The maximum Gasteiger partial charge on any atom is 0.334 e. The number of amides is 1. The average molecular weight is 216 g/mol. The Morgan fingerprint density at radius 2 is 2.20 bits per heavy atom. The molecule has 15 heavy (non-hydrogen) atoms. The van der Waals surface area contributed by atoms with E-state index in [0.29, 0.717) is 0 Å². The van der Waals surface area contributed by atoms with Gasteiger partial charge in [0.25, 0.3) is 5.91 Å². The molecule has 1 aromatic heterocycles. The van der Waals surface area contributed by atoms with Crippen molar-refractivity contribution in [2.75, 3.05) is 12.3 Å². The third kappa shape index (κ3) is 2.64. The minimum absolute atomic E-state index is 0.211. The maximum absolute atomic E-state index is 11.2. The van der Waals surface area contributed by atoms with Crippen LogP contribution < -0.4 is 11.1 Å². The molecule has 1 aromatic rings. The number of hydrogen-bond acceptors (Lipinski definition) is 7. The monoisotopic (exact) mass is 216 g/mol. The topological polar surface area (TPSA) is 152 Å². The van der Waals surface area contributed by atoms with E-state index in [-0.39, 0.29) is 11.5 Å². The molecule has 82 valence electrons. The van der Waals surface area contributed by atoms with Gasteiger partial charge in [-0.2, -0.15) is 0 Å². The lowest BCUT2D eigenvalue weighted by molar-refractivity contribution is -0.146. The highest BCUT2D eigenvalue weighted by molar-refractivity contribution is 5.96. The van der Waals surface area contributed by atoms with Crippen molar-refractivity contribution in [3.05, 3.63) is 5.69 Å². The van der Waals surface area contributed by atoms with Crippen molar-refractivity contribution in [3.63, 3.8) is 0 Å². The number of carbonyl (C=O) groups is 2. The van der Waals surface area contributed by atoms with Crippen LogP contribution in [-0.4, -0.2) is 45.1 Å². The fourth-order valence-electron chi connectivity index (χ4n) is 0.713. The molecule has 1 amide bonds.